The molecule has 0 unspecified atom stereocenters. The molecule has 0 aromatic carbocycles. The van der Waals surface area contributed by atoms with Gasteiger partial charge in [0.25, 0.3) is 0 Å². The summed E-state index contributed by atoms with van der Waals surface area (Å²) in [7, 11) is 0. The topological polar surface area (TPSA) is 72.5 Å². The fourth-order valence-corrected chi connectivity index (χ4v) is 0.610. The van der Waals surface area contributed by atoms with Crippen molar-refractivity contribution >= 4 is 5.97 Å². The summed E-state index contributed by atoms with van der Waals surface area (Å²) in [5.74, 6) is -0.529. The van der Waals surface area contributed by atoms with Crippen molar-refractivity contribution in [2.75, 3.05) is 6.61 Å². The molecule has 0 aliphatic carbocycles. The molecule has 0 saturated carbocycles. The van der Waals surface area contributed by atoms with Crippen molar-refractivity contribution in [1.82, 2.24) is 0 Å². The van der Waals surface area contributed by atoms with E-state index in [-0.39, 0.29) is 0 Å². The number of carbonyl (C=O) groups is 1. The van der Waals surface area contributed by atoms with E-state index in [0.717, 1.165) is 12.8 Å². The lowest BCUT2D eigenvalue weighted by Crippen LogP contribution is -2.41. The van der Waals surface area contributed by atoms with Crippen molar-refractivity contribution < 1.29 is 14.6 Å². The Morgan fingerprint density at radius 3 is 2.67 bits per heavy atom. The molecule has 0 amide bonds. The number of carbonyl (C=O) groups excluding carboxylic acids is 1. The highest BCUT2D eigenvalue weighted by atomic mass is 16.5. The van der Waals surface area contributed by atoms with Crippen molar-refractivity contribution in [2.45, 2.75) is 38.8 Å². The van der Waals surface area contributed by atoms with Gasteiger partial charge in [-0.2, -0.15) is 0 Å². The summed E-state index contributed by atoms with van der Waals surface area (Å²) < 4.78 is 4.78. The minimum Gasteiger partial charge on any atom is -0.464 e. The lowest BCUT2D eigenvalue weighted by molar-refractivity contribution is -0.147. The second-order valence-corrected chi connectivity index (χ2v) is 2.79. The highest BCUT2D eigenvalue weighted by Crippen LogP contribution is 1.95. The van der Waals surface area contributed by atoms with Gasteiger partial charge in [-0.25, -0.2) is 0 Å². The third-order valence-electron chi connectivity index (χ3n) is 1.53. The summed E-state index contributed by atoms with van der Waals surface area (Å²) in [5.41, 5.74) is 5.32. The Labute approximate surface area is 72.7 Å². The first-order valence-electron chi connectivity index (χ1n) is 4.19. The number of esters is 1. The molecule has 0 aromatic heterocycles. The molecule has 0 aromatic rings. The molecule has 3 N–H and O–H groups in total. The van der Waals surface area contributed by atoms with Crippen LogP contribution in [0.3, 0.4) is 0 Å². The molecule has 0 fully saturated rings. The van der Waals surface area contributed by atoms with Crippen LogP contribution >= 0.6 is 0 Å². The summed E-state index contributed by atoms with van der Waals surface area (Å²) in [4.78, 5) is 11.0. The molecule has 4 heteroatoms. The second-order valence-electron chi connectivity index (χ2n) is 2.79. The summed E-state index contributed by atoms with van der Waals surface area (Å²) >= 11 is 0. The minimum atomic E-state index is -0.915. The number of hydrogen-bond donors (Lipinski definition) is 2. The van der Waals surface area contributed by atoms with Crippen LogP contribution in [-0.2, 0) is 9.53 Å². The van der Waals surface area contributed by atoms with Gasteiger partial charge in [-0.1, -0.05) is 13.3 Å². The van der Waals surface area contributed by atoms with E-state index in [1.54, 1.807) is 0 Å². The summed E-state index contributed by atoms with van der Waals surface area (Å²) in [6, 6.07) is -0.915. The minimum absolute atomic E-state index is 0.385. The maximum atomic E-state index is 11.0. The maximum absolute atomic E-state index is 11.0. The van der Waals surface area contributed by atoms with E-state index in [0.29, 0.717) is 6.61 Å². The Balaban J connectivity index is 3.57. The standard InChI is InChI=1S/C8H17NO3/c1-3-4-5-12-8(11)7(9)6(2)10/h6-7,10H,3-5,9H2,1-2H3/t6-,7-/m1/s1. The van der Waals surface area contributed by atoms with Gasteiger partial charge in [0.05, 0.1) is 12.7 Å². The Morgan fingerprint density at radius 2 is 2.25 bits per heavy atom. The number of aliphatic hydroxyl groups excluding tert-OH is 1. The average Bonchev–Trinajstić information content (AvgIpc) is 2.03. The molecular formula is C8H17NO3. The van der Waals surface area contributed by atoms with E-state index in [1.807, 2.05) is 6.92 Å². The molecule has 0 radical (unpaired) electrons. The smallest absolute Gasteiger partial charge is 0.325 e. The number of aliphatic hydroxyl groups is 1. The largest absolute Gasteiger partial charge is 0.464 e. The molecule has 12 heavy (non-hydrogen) atoms. The molecule has 0 rings (SSSR count). The van der Waals surface area contributed by atoms with Crippen LogP contribution in [0.4, 0.5) is 0 Å². The molecule has 0 aliphatic rings. The van der Waals surface area contributed by atoms with Gasteiger partial charge in [0.15, 0.2) is 0 Å². The van der Waals surface area contributed by atoms with Crippen LogP contribution in [0.15, 0.2) is 0 Å². The number of hydrogen-bond acceptors (Lipinski definition) is 4. The summed E-state index contributed by atoms with van der Waals surface area (Å²) in [5, 5.41) is 8.92. The third kappa shape index (κ3) is 4.31. The average molecular weight is 175 g/mol. The van der Waals surface area contributed by atoms with E-state index < -0.39 is 18.1 Å². The predicted octanol–water partition coefficient (Wildman–Crippen LogP) is 0.0378. The van der Waals surface area contributed by atoms with E-state index in [4.69, 9.17) is 15.6 Å². The first kappa shape index (κ1) is 11.4. The molecule has 4 nitrogen and oxygen atoms in total. The fourth-order valence-electron chi connectivity index (χ4n) is 0.610. The van der Waals surface area contributed by atoms with Gasteiger partial charge in [-0.3, -0.25) is 4.79 Å². The zero-order valence-corrected chi connectivity index (χ0v) is 7.62. The van der Waals surface area contributed by atoms with E-state index in [9.17, 15) is 4.79 Å². The molecule has 2 atom stereocenters. The quantitative estimate of drug-likeness (QED) is 0.457. The predicted molar refractivity (Wildman–Crippen MR) is 45.5 cm³/mol. The molecule has 72 valence electrons. The maximum Gasteiger partial charge on any atom is 0.325 e. The fraction of sp³-hybridized carbons (Fsp3) is 0.875. The van der Waals surface area contributed by atoms with Crippen molar-refractivity contribution in [3.63, 3.8) is 0 Å². The normalized spacial score (nSPS) is 15.3. The second kappa shape index (κ2) is 5.97. The van der Waals surface area contributed by atoms with Gasteiger partial charge in [-0.05, 0) is 13.3 Å². The first-order chi connectivity index (χ1) is 5.59. The van der Waals surface area contributed by atoms with Crippen molar-refractivity contribution in [3.05, 3.63) is 0 Å². The number of unbranched alkanes of at least 4 members (excludes halogenated alkanes) is 1. The molecule has 0 aliphatic heterocycles. The van der Waals surface area contributed by atoms with Crippen LogP contribution in [0.1, 0.15) is 26.7 Å². The van der Waals surface area contributed by atoms with E-state index in [1.165, 1.54) is 6.92 Å². The van der Waals surface area contributed by atoms with E-state index in [2.05, 4.69) is 0 Å². The van der Waals surface area contributed by atoms with Gasteiger partial charge in [-0.15, -0.1) is 0 Å². The highest BCUT2D eigenvalue weighted by molar-refractivity contribution is 5.76. The third-order valence-corrected chi connectivity index (χ3v) is 1.53. The van der Waals surface area contributed by atoms with Crippen molar-refractivity contribution in [2.24, 2.45) is 5.73 Å². The monoisotopic (exact) mass is 175 g/mol. The zero-order valence-electron chi connectivity index (χ0n) is 7.62. The molecule has 0 saturated heterocycles. The number of nitrogens with two attached hydrogens (primary N) is 1. The van der Waals surface area contributed by atoms with Gasteiger partial charge >= 0.3 is 5.97 Å². The SMILES string of the molecule is CCCCOC(=O)[C@H](N)[C@@H](C)O. The molecule has 0 spiro atoms. The molecule has 0 bridgehead atoms. The van der Waals surface area contributed by atoms with Crippen LogP contribution in [0.5, 0.6) is 0 Å². The Kier molecular flexibility index (Phi) is 5.66. The molecular weight excluding hydrogens is 158 g/mol. The lowest BCUT2D eigenvalue weighted by Gasteiger charge is -2.13. The Hall–Kier alpha value is -0.610. The van der Waals surface area contributed by atoms with Crippen LogP contribution in [0, 0.1) is 0 Å². The van der Waals surface area contributed by atoms with Crippen molar-refractivity contribution in [3.8, 4) is 0 Å². The Bertz CT molecular complexity index is 136. The highest BCUT2D eigenvalue weighted by Gasteiger charge is 2.19. The van der Waals surface area contributed by atoms with Crippen molar-refractivity contribution in [1.29, 1.82) is 0 Å². The summed E-state index contributed by atoms with van der Waals surface area (Å²) in [6.07, 6.45) is 0.953. The zero-order chi connectivity index (χ0) is 9.56. The van der Waals surface area contributed by atoms with E-state index >= 15 is 0 Å². The van der Waals surface area contributed by atoms with Crippen LogP contribution in [0.25, 0.3) is 0 Å². The van der Waals surface area contributed by atoms with Gasteiger partial charge in [0, 0.05) is 0 Å². The lowest BCUT2D eigenvalue weighted by atomic mass is 10.2. The van der Waals surface area contributed by atoms with Gasteiger partial charge < -0.3 is 15.6 Å². The van der Waals surface area contributed by atoms with Gasteiger partial charge in [0.1, 0.15) is 6.04 Å². The first-order valence-corrected chi connectivity index (χ1v) is 4.19. The van der Waals surface area contributed by atoms with Gasteiger partial charge in [0.2, 0.25) is 0 Å². The molecule has 0 heterocycles. The van der Waals surface area contributed by atoms with Crippen LogP contribution in [-0.4, -0.2) is 29.8 Å². The Morgan fingerprint density at radius 1 is 1.67 bits per heavy atom. The number of ether oxygens (including phenoxy) is 1. The summed E-state index contributed by atoms with van der Waals surface area (Å²) in [6.45, 7) is 3.85. The van der Waals surface area contributed by atoms with Crippen LogP contribution < -0.4 is 5.73 Å². The van der Waals surface area contributed by atoms with Crippen LogP contribution in [0.2, 0.25) is 0 Å². The number of rotatable bonds is 5.